The monoisotopic (exact) mass is 297 g/mol. The summed E-state index contributed by atoms with van der Waals surface area (Å²) in [6.45, 7) is 1.49. The lowest BCUT2D eigenvalue weighted by molar-refractivity contribution is -0.140. The maximum absolute atomic E-state index is 12.9. The Labute approximate surface area is 120 Å². The Morgan fingerprint density at radius 2 is 2.14 bits per heavy atom. The molecule has 1 aromatic carbocycles. The van der Waals surface area contributed by atoms with Crippen LogP contribution in [0.4, 0.5) is 13.2 Å². The van der Waals surface area contributed by atoms with Crippen LogP contribution in [-0.4, -0.2) is 30.0 Å². The molecule has 21 heavy (non-hydrogen) atoms. The first-order valence-corrected chi connectivity index (χ1v) is 6.99. The third kappa shape index (κ3) is 2.53. The molecule has 0 saturated carbocycles. The summed E-state index contributed by atoms with van der Waals surface area (Å²) in [7, 11) is 2.00. The van der Waals surface area contributed by atoms with Gasteiger partial charge in [0.05, 0.1) is 0 Å². The standard InChI is InChI=1S/C15H18F3N3/c1-21-8-9(7-19)5-13(21)10-3-2-4-12-11(10)6-14(20-12)15(16,17)18/h2-4,6,9,13,20H,5,7-8,19H2,1H3. The van der Waals surface area contributed by atoms with Gasteiger partial charge in [0, 0.05) is 23.5 Å². The van der Waals surface area contributed by atoms with E-state index in [1.165, 1.54) is 6.07 Å². The predicted molar refractivity (Wildman–Crippen MR) is 75.8 cm³/mol. The highest BCUT2D eigenvalue weighted by Crippen LogP contribution is 2.39. The highest BCUT2D eigenvalue weighted by Gasteiger charge is 2.35. The molecule has 1 fully saturated rings. The van der Waals surface area contributed by atoms with Crippen molar-refractivity contribution in [2.75, 3.05) is 20.1 Å². The molecule has 0 amide bonds. The van der Waals surface area contributed by atoms with E-state index in [2.05, 4.69) is 9.88 Å². The van der Waals surface area contributed by atoms with Gasteiger partial charge in [-0.2, -0.15) is 13.2 Å². The molecule has 3 rings (SSSR count). The molecular formula is C15H18F3N3. The van der Waals surface area contributed by atoms with Gasteiger partial charge in [0.2, 0.25) is 0 Å². The number of alkyl halides is 3. The summed E-state index contributed by atoms with van der Waals surface area (Å²) in [6, 6.07) is 6.74. The fourth-order valence-corrected chi connectivity index (χ4v) is 3.26. The van der Waals surface area contributed by atoms with E-state index in [0.29, 0.717) is 23.4 Å². The summed E-state index contributed by atoms with van der Waals surface area (Å²) >= 11 is 0. The largest absolute Gasteiger partial charge is 0.431 e. The van der Waals surface area contributed by atoms with Crippen molar-refractivity contribution in [3.05, 3.63) is 35.5 Å². The average Bonchev–Trinajstić information content (AvgIpc) is 3.01. The lowest BCUT2D eigenvalue weighted by Crippen LogP contribution is -2.20. The number of aromatic nitrogens is 1. The number of benzene rings is 1. The molecule has 0 radical (unpaired) electrons. The van der Waals surface area contributed by atoms with Crippen molar-refractivity contribution >= 4 is 10.9 Å². The molecule has 1 aliphatic heterocycles. The third-order valence-electron chi connectivity index (χ3n) is 4.33. The lowest BCUT2D eigenvalue weighted by atomic mass is 9.97. The zero-order valence-corrected chi connectivity index (χ0v) is 11.7. The molecule has 2 unspecified atom stereocenters. The van der Waals surface area contributed by atoms with E-state index >= 15 is 0 Å². The van der Waals surface area contributed by atoms with Gasteiger partial charge in [0.1, 0.15) is 5.69 Å². The summed E-state index contributed by atoms with van der Waals surface area (Å²) < 4.78 is 38.6. The Bertz CT molecular complexity index is 647. The van der Waals surface area contributed by atoms with Crippen molar-refractivity contribution in [2.45, 2.75) is 18.6 Å². The van der Waals surface area contributed by atoms with Crippen LogP contribution in [0.2, 0.25) is 0 Å². The van der Waals surface area contributed by atoms with Crippen LogP contribution < -0.4 is 5.73 Å². The molecular weight excluding hydrogens is 279 g/mol. The minimum absolute atomic E-state index is 0.124. The van der Waals surface area contributed by atoms with Crippen LogP contribution in [0, 0.1) is 5.92 Å². The number of nitrogens with two attached hydrogens (primary N) is 1. The molecule has 114 valence electrons. The van der Waals surface area contributed by atoms with Crippen molar-refractivity contribution in [3.63, 3.8) is 0 Å². The SMILES string of the molecule is CN1CC(CN)CC1c1cccc2[nH]c(C(F)(F)F)cc12. The number of rotatable bonds is 2. The first-order valence-electron chi connectivity index (χ1n) is 6.99. The van der Waals surface area contributed by atoms with Gasteiger partial charge in [0.15, 0.2) is 0 Å². The zero-order chi connectivity index (χ0) is 15.2. The summed E-state index contributed by atoms with van der Waals surface area (Å²) in [5.41, 5.74) is 6.51. The topological polar surface area (TPSA) is 45.0 Å². The molecule has 2 aromatic rings. The van der Waals surface area contributed by atoms with Gasteiger partial charge >= 0.3 is 6.18 Å². The zero-order valence-electron chi connectivity index (χ0n) is 11.7. The van der Waals surface area contributed by atoms with E-state index in [-0.39, 0.29) is 6.04 Å². The molecule has 3 nitrogen and oxygen atoms in total. The highest BCUT2D eigenvalue weighted by molar-refractivity contribution is 5.84. The minimum Gasteiger partial charge on any atom is -0.351 e. The number of nitrogens with one attached hydrogen (secondary N) is 1. The molecule has 3 N–H and O–H groups in total. The number of fused-ring (bicyclic) bond motifs is 1. The average molecular weight is 297 g/mol. The molecule has 0 aliphatic carbocycles. The fourth-order valence-electron chi connectivity index (χ4n) is 3.26. The van der Waals surface area contributed by atoms with Crippen LogP contribution in [-0.2, 0) is 6.18 Å². The van der Waals surface area contributed by atoms with Crippen LogP contribution >= 0.6 is 0 Å². The molecule has 6 heteroatoms. The summed E-state index contributed by atoms with van der Waals surface area (Å²) in [5.74, 6) is 0.399. The van der Waals surface area contributed by atoms with Gasteiger partial charge in [-0.3, -0.25) is 4.90 Å². The van der Waals surface area contributed by atoms with Gasteiger partial charge in [-0.05, 0) is 43.6 Å². The van der Waals surface area contributed by atoms with Gasteiger partial charge in [-0.1, -0.05) is 12.1 Å². The first-order chi connectivity index (χ1) is 9.90. The number of likely N-dealkylation sites (tertiary alicyclic amines) is 1. The van der Waals surface area contributed by atoms with Crippen LogP contribution in [0.3, 0.4) is 0 Å². The quantitative estimate of drug-likeness (QED) is 0.894. The Kier molecular flexibility index (Phi) is 3.45. The van der Waals surface area contributed by atoms with Crippen molar-refractivity contribution < 1.29 is 13.2 Å². The third-order valence-corrected chi connectivity index (χ3v) is 4.33. The summed E-state index contributed by atoms with van der Waals surface area (Å²) in [4.78, 5) is 4.64. The molecule has 2 atom stereocenters. The first kappa shape index (κ1) is 14.4. The van der Waals surface area contributed by atoms with Crippen molar-refractivity contribution in [1.82, 2.24) is 9.88 Å². The van der Waals surface area contributed by atoms with Crippen LogP contribution in [0.1, 0.15) is 23.7 Å². The van der Waals surface area contributed by atoms with Crippen molar-refractivity contribution in [3.8, 4) is 0 Å². The highest BCUT2D eigenvalue weighted by atomic mass is 19.4. The maximum atomic E-state index is 12.9. The van der Waals surface area contributed by atoms with Gasteiger partial charge in [-0.15, -0.1) is 0 Å². The number of halogens is 3. The molecule has 1 aromatic heterocycles. The predicted octanol–water partition coefficient (Wildman–Crippen LogP) is 3.14. The maximum Gasteiger partial charge on any atom is 0.431 e. The van der Waals surface area contributed by atoms with Crippen LogP contribution in [0.5, 0.6) is 0 Å². The van der Waals surface area contributed by atoms with Crippen molar-refractivity contribution in [1.29, 1.82) is 0 Å². The van der Waals surface area contributed by atoms with E-state index < -0.39 is 11.9 Å². The number of aromatic amines is 1. The van der Waals surface area contributed by atoms with E-state index in [1.54, 1.807) is 12.1 Å². The van der Waals surface area contributed by atoms with E-state index in [4.69, 9.17) is 5.73 Å². The Balaban J connectivity index is 2.05. The number of hydrogen-bond donors (Lipinski definition) is 2. The second-order valence-electron chi connectivity index (χ2n) is 5.78. The second kappa shape index (κ2) is 5.03. The van der Waals surface area contributed by atoms with Crippen molar-refractivity contribution in [2.24, 2.45) is 11.7 Å². The summed E-state index contributed by atoms with van der Waals surface area (Å²) in [6.07, 6.45) is -3.46. The Morgan fingerprint density at radius 1 is 1.38 bits per heavy atom. The number of nitrogens with zero attached hydrogens (tertiary/aromatic N) is 1. The number of H-pyrrole nitrogens is 1. The molecule has 0 bridgehead atoms. The van der Waals surface area contributed by atoms with E-state index in [0.717, 1.165) is 18.5 Å². The van der Waals surface area contributed by atoms with Gasteiger partial charge < -0.3 is 10.7 Å². The summed E-state index contributed by atoms with van der Waals surface area (Å²) in [5, 5.41) is 0.652. The van der Waals surface area contributed by atoms with Crippen LogP contribution in [0.15, 0.2) is 24.3 Å². The Morgan fingerprint density at radius 3 is 2.76 bits per heavy atom. The second-order valence-corrected chi connectivity index (χ2v) is 5.78. The molecule has 2 heterocycles. The van der Waals surface area contributed by atoms with Gasteiger partial charge in [-0.25, -0.2) is 0 Å². The molecule has 0 spiro atoms. The Hall–Kier alpha value is -1.53. The number of hydrogen-bond acceptors (Lipinski definition) is 2. The normalized spacial score (nSPS) is 24.0. The van der Waals surface area contributed by atoms with Crippen LogP contribution in [0.25, 0.3) is 10.9 Å². The minimum atomic E-state index is -4.35. The smallest absolute Gasteiger partial charge is 0.351 e. The van der Waals surface area contributed by atoms with E-state index in [1.807, 2.05) is 13.1 Å². The fraction of sp³-hybridized carbons (Fsp3) is 0.467. The van der Waals surface area contributed by atoms with Gasteiger partial charge in [0.25, 0.3) is 0 Å². The molecule has 1 aliphatic rings. The molecule has 1 saturated heterocycles. The lowest BCUT2D eigenvalue weighted by Gasteiger charge is -2.20. The van der Waals surface area contributed by atoms with E-state index in [9.17, 15) is 13.2 Å².